The number of nitrogens with zero attached hydrogens (tertiary/aromatic N) is 1. The minimum atomic E-state index is -0.00425. The highest BCUT2D eigenvalue weighted by Crippen LogP contribution is 2.27. The summed E-state index contributed by atoms with van der Waals surface area (Å²) < 4.78 is 0. The average molecular weight is 315 g/mol. The third-order valence-corrected chi connectivity index (χ3v) is 4.96. The molecule has 1 aromatic carbocycles. The van der Waals surface area contributed by atoms with Crippen LogP contribution in [0.5, 0.6) is 0 Å². The van der Waals surface area contributed by atoms with Gasteiger partial charge in [-0.05, 0) is 38.8 Å². The van der Waals surface area contributed by atoms with Gasteiger partial charge in [0.25, 0.3) is 5.91 Å². The molecule has 0 bridgehead atoms. The topological polar surface area (TPSA) is 54.0 Å². The molecule has 0 saturated carbocycles. The summed E-state index contributed by atoms with van der Waals surface area (Å²) in [5.74, 6) is 0.687. The van der Waals surface area contributed by atoms with Gasteiger partial charge >= 0.3 is 0 Å². The molecule has 0 aliphatic carbocycles. The molecular formula is C17H21N3OS. The number of hydrogen-bond acceptors (Lipinski definition) is 4. The number of aromatic nitrogens is 1. The van der Waals surface area contributed by atoms with Gasteiger partial charge in [0.05, 0.1) is 10.7 Å². The fourth-order valence-electron chi connectivity index (χ4n) is 2.80. The van der Waals surface area contributed by atoms with Crippen LogP contribution in [0.1, 0.15) is 27.5 Å². The lowest BCUT2D eigenvalue weighted by Crippen LogP contribution is -2.26. The van der Waals surface area contributed by atoms with Gasteiger partial charge in [-0.3, -0.25) is 4.79 Å². The van der Waals surface area contributed by atoms with Crippen molar-refractivity contribution < 1.29 is 4.79 Å². The Morgan fingerprint density at radius 1 is 1.41 bits per heavy atom. The number of thiazole rings is 1. The predicted molar refractivity (Wildman–Crippen MR) is 90.2 cm³/mol. The first kappa shape index (κ1) is 15.2. The summed E-state index contributed by atoms with van der Waals surface area (Å²) in [6.45, 7) is 4.85. The second kappa shape index (κ2) is 7.03. The second-order valence-corrected chi connectivity index (χ2v) is 6.88. The Kier molecular flexibility index (Phi) is 4.85. The van der Waals surface area contributed by atoms with Crippen LogP contribution in [0.3, 0.4) is 0 Å². The zero-order valence-corrected chi connectivity index (χ0v) is 13.6. The van der Waals surface area contributed by atoms with Gasteiger partial charge in [-0.15, -0.1) is 11.3 Å². The van der Waals surface area contributed by atoms with Gasteiger partial charge in [0.2, 0.25) is 0 Å². The van der Waals surface area contributed by atoms with Crippen molar-refractivity contribution in [3.05, 3.63) is 40.2 Å². The van der Waals surface area contributed by atoms with Crippen molar-refractivity contribution in [1.82, 2.24) is 15.6 Å². The van der Waals surface area contributed by atoms with Crippen LogP contribution in [0.15, 0.2) is 30.3 Å². The predicted octanol–water partition coefficient (Wildman–Crippen LogP) is 2.85. The van der Waals surface area contributed by atoms with Gasteiger partial charge in [-0.2, -0.15) is 0 Å². The number of amides is 1. The van der Waals surface area contributed by atoms with Crippen LogP contribution in [-0.2, 0) is 0 Å². The Morgan fingerprint density at radius 2 is 2.23 bits per heavy atom. The normalized spacial score (nSPS) is 17.6. The van der Waals surface area contributed by atoms with E-state index in [0.717, 1.165) is 42.3 Å². The zero-order valence-electron chi connectivity index (χ0n) is 12.8. The van der Waals surface area contributed by atoms with E-state index in [2.05, 4.69) is 15.6 Å². The SMILES string of the molecule is Cc1nc(-c2ccccc2)c(C(=O)NCCC2CCNC2)s1. The van der Waals surface area contributed by atoms with Crippen LogP contribution >= 0.6 is 11.3 Å². The molecular weight excluding hydrogens is 294 g/mol. The maximum atomic E-state index is 12.5. The molecule has 3 rings (SSSR count). The van der Waals surface area contributed by atoms with Crippen LogP contribution in [-0.4, -0.2) is 30.5 Å². The maximum absolute atomic E-state index is 12.5. The van der Waals surface area contributed by atoms with Gasteiger partial charge in [0, 0.05) is 12.1 Å². The second-order valence-electron chi connectivity index (χ2n) is 5.68. The number of nitrogens with one attached hydrogen (secondary N) is 2. The molecule has 1 aromatic heterocycles. The average Bonchev–Trinajstić information content (AvgIpc) is 3.17. The molecule has 1 aliphatic rings. The molecule has 1 fully saturated rings. The van der Waals surface area contributed by atoms with Crippen LogP contribution in [0.25, 0.3) is 11.3 Å². The molecule has 1 amide bonds. The molecule has 0 spiro atoms. The van der Waals surface area contributed by atoms with Gasteiger partial charge in [-0.1, -0.05) is 30.3 Å². The number of benzene rings is 1. The number of rotatable bonds is 5. The van der Waals surface area contributed by atoms with E-state index in [9.17, 15) is 4.79 Å². The first-order chi connectivity index (χ1) is 10.7. The number of aryl methyl sites for hydroxylation is 1. The first-order valence-corrected chi connectivity index (χ1v) is 8.57. The molecule has 0 radical (unpaired) electrons. The van der Waals surface area contributed by atoms with E-state index < -0.39 is 0 Å². The lowest BCUT2D eigenvalue weighted by molar-refractivity contribution is 0.0956. The largest absolute Gasteiger partial charge is 0.351 e. The van der Waals surface area contributed by atoms with Crippen LogP contribution < -0.4 is 10.6 Å². The minimum absolute atomic E-state index is 0.00425. The Morgan fingerprint density at radius 3 is 2.95 bits per heavy atom. The van der Waals surface area contributed by atoms with E-state index in [1.54, 1.807) is 0 Å². The molecule has 5 heteroatoms. The zero-order chi connectivity index (χ0) is 15.4. The quantitative estimate of drug-likeness (QED) is 0.892. The molecule has 1 unspecified atom stereocenters. The number of carbonyl (C=O) groups is 1. The van der Waals surface area contributed by atoms with Crippen molar-refractivity contribution in [3.8, 4) is 11.3 Å². The Bertz CT molecular complexity index is 633. The molecule has 2 aromatic rings. The highest BCUT2D eigenvalue weighted by Gasteiger charge is 2.19. The van der Waals surface area contributed by atoms with Gasteiger partial charge < -0.3 is 10.6 Å². The van der Waals surface area contributed by atoms with Crippen molar-refractivity contribution in [2.45, 2.75) is 19.8 Å². The molecule has 1 atom stereocenters. The summed E-state index contributed by atoms with van der Waals surface area (Å²) in [6, 6.07) is 9.90. The van der Waals surface area contributed by atoms with Crippen LogP contribution in [0.2, 0.25) is 0 Å². The van der Waals surface area contributed by atoms with E-state index in [1.165, 1.54) is 17.8 Å². The third-order valence-electron chi connectivity index (χ3n) is 3.99. The van der Waals surface area contributed by atoms with Gasteiger partial charge in [0.1, 0.15) is 4.88 Å². The van der Waals surface area contributed by atoms with E-state index in [4.69, 9.17) is 0 Å². The Hall–Kier alpha value is -1.72. The van der Waals surface area contributed by atoms with E-state index in [1.807, 2.05) is 37.3 Å². The smallest absolute Gasteiger partial charge is 0.263 e. The summed E-state index contributed by atoms with van der Waals surface area (Å²) in [5.41, 5.74) is 1.79. The fraction of sp³-hybridized carbons (Fsp3) is 0.412. The van der Waals surface area contributed by atoms with Gasteiger partial charge in [0.15, 0.2) is 0 Å². The fourth-order valence-corrected chi connectivity index (χ4v) is 3.66. The standard InChI is InChI=1S/C17H21N3OS/c1-12-20-15(14-5-3-2-4-6-14)16(22-12)17(21)19-10-8-13-7-9-18-11-13/h2-6,13,18H,7-11H2,1H3,(H,19,21). The molecule has 1 saturated heterocycles. The van der Waals surface area contributed by atoms with E-state index in [-0.39, 0.29) is 5.91 Å². The molecule has 1 aliphatic heterocycles. The Balaban J connectivity index is 1.67. The summed E-state index contributed by atoms with van der Waals surface area (Å²) in [5, 5.41) is 7.33. The highest BCUT2D eigenvalue weighted by atomic mass is 32.1. The molecule has 116 valence electrons. The van der Waals surface area contributed by atoms with Crippen molar-refractivity contribution in [1.29, 1.82) is 0 Å². The monoisotopic (exact) mass is 315 g/mol. The third kappa shape index (κ3) is 3.54. The minimum Gasteiger partial charge on any atom is -0.351 e. The summed E-state index contributed by atoms with van der Waals surface area (Å²) in [4.78, 5) is 17.7. The lowest BCUT2D eigenvalue weighted by atomic mass is 10.1. The summed E-state index contributed by atoms with van der Waals surface area (Å²) in [6.07, 6.45) is 2.25. The maximum Gasteiger partial charge on any atom is 0.263 e. The molecule has 4 nitrogen and oxygen atoms in total. The van der Waals surface area contributed by atoms with E-state index in [0.29, 0.717) is 10.8 Å². The van der Waals surface area contributed by atoms with Crippen molar-refractivity contribution in [2.75, 3.05) is 19.6 Å². The molecule has 22 heavy (non-hydrogen) atoms. The van der Waals surface area contributed by atoms with Gasteiger partial charge in [-0.25, -0.2) is 4.98 Å². The van der Waals surface area contributed by atoms with Crippen molar-refractivity contribution >= 4 is 17.2 Å². The van der Waals surface area contributed by atoms with Crippen LogP contribution in [0.4, 0.5) is 0 Å². The Labute approximate surface area is 135 Å². The number of carbonyl (C=O) groups excluding carboxylic acids is 1. The molecule has 2 N–H and O–H groups in total. The lowest BCUT2D eigenvalue weighted by Gasteiger charge is -2.09. The highest BCUT2D eigenvalue weighted by molar-refractivity contribution is 7.14. The summed E-state index contributed by atoms with van der Waals surface area (Å²) >= 11 is 1.46. The molecule has 2 heterocycles. The van der Waals surface area contributed by atoms with E-state index >= 15 is 0 Å². The first-order valence-electron chi connectivity index (χ1n) is 7.76. The van der Waals surface area contributed by atoms with Crippen LogP contribution in [0, 0.1) is 12.8 Å². The van der Waals surface area contributed by atoms with Crippen molar-refractivity contribution in [2.24, 2.45) is 5.92 Å². The summed E-state index contributed by atoms with van der Waals surface area (Å²) in [7, 11) is 0. The number of hydrogen-bond donors (Lipinski definition) is 2. The van der Waals surface area contributed by atoms with Crippen molar-refractivity contribution in [3.63, 3.8) is 0 Å².